The van der Waals surface area contributed by atoms with Gasteiger partial charge < -0.3 is 11.1 Å². The van der Waals surface area contributed by atoms with E-state index in [1.54, 1.807) is 12.3 Å². The average molecular weight is 230 g/mol. The molecular formula is C13H18N4. The van der Waals surface area contributed by atoms with Crippen LogP contribution >= 0.6 is 0 Å². The lowest BCUT2D eigenvalue weighted by Crippen LogP contribution is -2.56. The van der Waals surface area contributed by atoms with E-state index >= 15 is 0 Å². The van der Waals surface area contributed by atoms with Crippen molar-refractivity contribution in [2.24, 2.45) is 16.5 Å². The molecule has 0 bridgehead atoms. The highest BCUT2D eigenvalue weighted by atomic mass is 15.3. The van der Waals surface area contributed by atoms with Gasteiger partial charge in [0.15, 0.2) is 5.79 Å². The van der Waals surface area contributed by atoms with Crippen LogP contribution in [0.3, 0.4) is 0 Å². The van der Waals surface area contributed by atoms with E-state index < -0.39 is 5.79 Å². The zero-order valence-electron chi connectivity index (χ0n) is 9.93. The Kier molecular flexibility index (Phi) is 3.15. The highest BCUT2D eigenvalue weighted by Crippen LogP contribution is 2.30. The Balaban J connectivity index is 2.34. The number of hydrogen-bond donors (Lipinski definition) is 3. The van der Waals surface area contributed by atoms with Crippen molar-refractivity contribution >= 4 is 5.84 Å². The van der Waals surface area contributed by atoms with Crippen molar-refractivity contribution in [2.75, 3.05) is 0 Å². The van der Waals surface area contributed by atoms with Crippen LogP contribution in [0, 0.1) is 0 Å². The van der Waals surface area contributed by atoms with Crippen molar-refractivity contribution in [3.8, 4) is 0 Å². The molecule has 0 saturated carbocycles. The molecule has 4 heteroatoms. The summed E-state index contributed by atoms with van der Waals surface area (Å²) in [6, 6.07) is 10.1. The van der Waals surface area contributed by atoms with Crippen LogP contribution < -0.4 is 16.8 Å². The van der Waals surface area contributed by atoms with Crippen LogP contribution in [0.15, 0.2) is 47.6 Å². The van der Waals surface area contributed by atoms with Crippen LogP contribution in [0.1, 0.15) is 24.8 Å². The first kappa shape index (κ1) is 11.7. The summed E-state index contributed by atoms with van der Waals surface area (Å²) in [7, 11) is 0. The lowest BCUT2D eigenvalue weighted by Gasteiger charge is -2.36. The smallest absolute Gasteiger partial charge is 0.191 e. The molecule has 1 aromatic carbocycles. The maximum absolute atomic E-state index is 6.31. The first-order valence-corrected chi connectivity index (χ1v) is 5.79. The van der Waals surface area contributed by atoms with E-state index in [9.17, 15) is 0 Å². The van der Waals surface area contributed by atoms with Gasteiger partial charge in [0.25, 0.3) is 0 Å². The molecule has 1 aliphatic rings. The lowest BCUT2D eigenvalue weighted by molar-refractivity contribution is 0.309. The van der Waals surface area contributed by atoms with E-state index in [1.807, 2.05) is 18.2 Å². The zero-order chi connectivity index (χ0) is 12.3. The molecule has 17 heavy (non-hydrogen) atoms. The fraction of sp³-hybridized carbons (Fsp3) is 0.308. The molecule has 1 unspecified atom stereocenters. The molecule has 4 nitrogen and oxygen atoms in total. The predicted molar refractivity (Wildman–Crippen MR) is 70.3 cm³/mol. The topological polar surface area (TPSA) is 76.4 Å². The van der Waals surface area contributed by atoms with Gasteiger partial charge in [-0.2, -0.15) is 0 Å². The summed E-state index contributed by atoms with van der Waals surface area (Å²) in [4.78, 5) is 4.34. The van der Waals surface area contributed by atoms with E-state index in [1.165, 1.54) is 0 Å². The Morgan fingerprint density at radius 2 is 2.06 bits per heavy atom. The summed E-state index contributed by atoms with van der Waals surface area (Å²) in [5.41, 5.74) is 13.2. The summed E-state index contributed by atoms with van der Waals surface area (Å²) < 4.78 is 0. The van der Waals surface area contributed by atoms with Gasteiger partial charge in [-0.25, -0.2) is 4.99 Å². The highest BCUT2D eigenvalue weighted by Gasteiger charge is 2.35. The van der Waals surface area contributed by atoms with Crippen molar-refractivity contribution < 1.29 is 0 Å². The summed E-state index contributed by atoms with van der Waals surface area (Å²) in [6.45, 7) is 2.10. The number of rotatable bonds is 3. The van der Waals surface area contributed by atoms with Gasteiger partial charge in [0.1, 0.15) is 5.84 Å². The molecule has 0 amide bonds. The standard InChI is InChI=1S/C13H18N4/c1-2-11(10-6-4-3-5-7-10)13(15)16-9-8-12(14)17-13/h3-9,11,16H,2,15H2,1H3,(H2,14,17)/t11-,13?/m0/s1. The first-order chi connectivity index (χ1) is 8.15. The van der Waals surface area contributed by atoms with Gasteiger partial charge in [0.2, 0.25) is 0 Å². The van der Waals surface area contributed by atoms with Gasteiger partial charge in [-0.15, -0.1) is 0 Å². The Morgan fingerprint density at radius 3 is 2.65 bits per heavy atom. The van der Waals surface area contributed by atoms with E-state index in [4.69, 9.17) is 11.5 Å². The number of nitrogens with zero attached hydrogens (tertiary/aromatic N) is 1. The minimum atomic E-state index is -0.852. The third kappa shape index (κ3) is 2.31. The molecule has 1 heterocycles. The van der Waals surface area contributed by atoms with Gasteiger partial charge in [0, 0.05) is 12.1 Å². The van der Waals surface area contributed by atoms with E-state index in [0.29, 0.717) is 5.84 Å². The Hall–Kier alpha value is -1.81. The van der Waals surface area contributed by atoms with Crippen molar-refractivity contribution in [3.63, 3.8) is 0 Å². The number of amidine groups is 1. The normalized spacial score (nSPS) is 24.9. The second kappa shape index (κ2) is 4.59. The molecule has 0 saturated heterocycles. The molecule has 0 fully saturated rings. The minimum absolute atomic E-state index is 0.0900. The lowest BCUT2D eigenvalue weighted by atomic mass is 9.89. The number of benzene rings is 1. The van der Waals surface area contributed by atoms with Crippen molar-refractivity contribution in [3.05, 3.63) is 48.2 Å². The molecule has 0 spiro atoms. The molecule has 2 rings (SSSR count). The first-order valence-electron chi connectivity index (χ1n) is 5.79. The maximum Gasteiger partial charge on any atom is 0.191 e. The van der Waals surface area contributed by atoms with Crippen molar-refractivity contribution in [2.45, 2.75) is 25.0 Å². The molecule has 5 N–H and O–H groups in total. The average Bonchev–Trinajstić information content (AvgIpc) is 2.30. The van der Waals surface area contributed by atoms with Gasteiger partial charge in [-0.1, -0.05) is 37.3 Å². The zero-order valence-corrected chi connectivity index (χ0v) is 9.93. The molecule has 90 valence electrons. The fourth-order valence-corrected chi connectivity index (χ4v) is 2.21. The monoisotopic (exact) mass is 230 g/mol. The predicted octanol–water partition coefficient (Wildman–Crippen LogP) is 1.27. The SMILES string of the molecule is CC[C@@H](c1ccccc1)C1(N)N=C(N)C=CN1. The number of nitrogens with two attached hydrogens (primary N) is 2. The van der Waals surface area contributed by atoms with Crippen LogP contribution in [-0.4, -0.2) is 11.6 Å². The van der Waals surface area contributed by atoms with Gasteiger partial charge >= 0.3 is 0 Å². The molecule has 2 atom stereocenters. The third-order valence-electron chi connectivity index (χ3n) is 3.02. The summed E-state index contributed by atoms with van der Waals surface area (Å²) >= 11 is 0. The second-order valence-corrected chi connectivity index (χ2v) is 4.21. The molecule has 0 radical (unpaired) electrons. The van der Waals surface area contributed by atoms with E-state index in [0.717, 1.165) is 12.0 Å². The summed E-state index contributed by atoms with van der Waals surface area (Å²) in [5, 5.41) is 3.11. The number of nitrogens with one attached hydrogen (secondary N) is 1. The Labute approximate surface area is 101 Å². The number of hydrogen-bond acceptors (Lipinski definition) is 4. The largest absolute Gasteiger partial charge is 0.384 e. The van der Waals surface area contributed by atoms with Crippen LogP contribution in [0.25, 0.3) is 0 Å². The minimum Gasteiger partial charge on any atom is -0.384 e. The van der Waals surface area contributed by atoms with Gasteiger partial charge in [0.05, 0.1) is 0 Å². The van der Waals surface area contributed by atoms with Crippen molar-refractivity contribution in [1.29, 1.82) is 0 Å². The quantitative estimate of drug-likeness (QED) is 0.731. The fourth-order valence-electron chi connectivity index (χ4n) is 2.21. The van der Waals surface area contributed by atoms with Crippen LogP contribution in [0.2, 0.25) is 0 Å². The van der Waals surface area contributed by atoms with Crippen molar-refractivity contribution in [1.82, 2.24) is 5.32 Å². The van der Waals surface area contributed by atoms with E-state index in [2.05, 4.69) is 29.4 Å². The van der Waals surface area contributed by atoms with Crippen LogP contribution in [0.5, 0.6) is 0 Å². The van der Waals surface area contributed by atoms with Gasteiger partial charge in [-0.3, -0.25) is 5.73 Å². The maximum atomic E-state index is 6.31. The molecule has 0 aliphatic carbocycles. The molecule has 0 aromatic heterocycles. The summed E-state index contributed by atoms with van der Waals surface area (Å²) in [5.74, 6) is -0.303. The second-order valence-electron chi connectivity index (χ2n) is 4.21. The summed E-state index contributed by atoms with van der Waals surface area (Å²) in [6.07, 6.45) is 4.36. The molecular weight excluding hydrogens is 212 g/mol. The molecule has 1 aliphatic heterocycles. The third-order valence-corrected chi connectivity index (χ3v) is 3.02. The highest BCUT2D eigenvalue weighted by molar-refractivity contribution is 5.92. The number of aliphatic imine (C=N–C) groups is 1. The van der Waals surface area contributed by atoms with Gasteiger partial charge in [-0.05, 0) is 18.1 Å². The Morgan fingerprint density at radius 1 is 1.35 bits per heavy atom. The molecule has 1 aromatic rings. The van der Waals surface area contributed by atoms with Crippen LogP contribution in [-0.2, 0) is 0 Å². The Bertz CT molecular complexity index is 438. The van der Waals surface area contributed by atoms with Crippen LogP contribution in [0.4, 0.5) is 0 Å². The van der Waals surface area contributed by atoms with E-state index in [-0.39, 0.29) is 5.92 Å².